The van der Waals surface area contributed by atoms with Crippen LogP contribution in [0.15, 0.2) is 24.3 Å². The van der Waals surface area contributed by atoms with Crippen LogP contribution in [0.5, 0.6) is 0 Å². The van der Waals surface area contributed by atoms with Crippen LogP contribution in [-0.4, -0.2) is 24.3 Å². The topological polar surface area (TPSA) is 46.5 Å². The van der Waals surface area contributed by atoms with Crippen molar-refractivity contribution >= 4 is 17.6 Å². The van der Waals surface area contributed by atoms with Crippen molar-refractivity contribution < 1.29 is 14.6 Å². The molecule has 82 valence electrons. The molecule has 0 saturated carbocycles. The van der Waals surface area contributed by atoms with Gasteiger partial charge >= 0.3 is 5.97 Å². The van der Waals surface area contributed by atoms with Crippen LogP contribution in [0.1, 0.15) is 12.0 Å². The van der Waals surface area contributed by atoms with Gasteiger partial charge in [-0.05, 0) is 11.6 Å². The van der Waals surface area contributed by atoms with Crippen LogP contribution in [0.2, 0.25) is 5.02 Å². The Morgan fingerprint density at radius 3 is 2.80 bits per heavy atom. The molecule has 0 heterocycles. The van der Waals surface area contributed by atoms with Crippen molar-refractivity contribution in [2.24, 2.45) is 0 Å². The van der Waals surface area contributed by atoms with Gasteiger partial charge in [-0.2, -0.15) is 0 Å². The first-order valence-electron chi connectivity index (χ1n) is 4.61. The molecule has 1 rings (SSSR count). The second-order valence-corrected chi connectivity index (χ2v) is 3.64. The number of hydrogen-bond donors (Lipinski definition) is 1. The Labute approximate surface area is 93.6 Å². The quantitative estimate of drug-likeness (QED) is 0.800. The van der Waals surface area contributed by atoms with Crippen LogP contribution < -0.4 is 0 Å². The van der Waals surface area contributed by atoms with E-state index in [1.807, 2.05) is 18.2 Å². The van der Waals surface area contributed by atoms with Gasteiger partial charge in [0.2, 0.25) is 0 Å². The monoisotopic (exact) mass is 228 g/mol. The molecule has 15 heavy (non-hydrogen) atoms. The van der Waals surface area contributed by atoms with Crippen LogP contribution >= 0.6 is 11.6 Å². The van der Waals surface area contributed by atoms with E-state index in [4.69, 9.17) is 11.6 Å². The number of carbonyl (C=O) groups excluding carboxylic acids is 1. The highest BCUT2D eigenvalue weighted by molar-refractivity contribution is 6.31. The summed E-state index contributed by atoms with van der Waals surface area (Å²) in [5.41, 5.74) is 0.829. The maximum atomic E-state index is 10.9. The third kappa shape index (κ3) is 3.90. The SMILES string of the molecule is COC(=O)C[C@H](O)Cc1ccccc1Cl. The van der Waals surface area contributed by atoms with Gasteiger partial charge in [0.25, 0.3) is 0 Å². The Bertz CT molecular complexity index is 338. The van der Waals surface area contributed by atoms with Crippen molar-refractivity contribution in [2.75, 3.05) is 7.11 Å². The number of rotatable bonds is 4. The number of hydrogen-bond acceptors (Lipinski definition) is 3. The number of benzene rings is 1. The molecular weight excluding hydrogens is 216 g/mol. The smallest absolute Gasteiger partial charge is 0.308 e. The highest BCUT2D eigenvalue weighted by atomic mass is 35.5. The molecule has 1 aromatic rings. The average molecular weight is 229 g/mol. The summed E-state index contributed by atoms with van der Waals surface area (Å²) in [6.45, 7) is 0. The van der Waals surface area contributed by atoms with E-state index in [1.54, 1.807) is 6.07 Å². The van der Waals surface area contributed by atoms with Crippen molar-refractivity contribution in [2.45, 2.75) is 18.9 Å². The van der Waals surface area contributed by atoms with Crippen molar-refractivity contribution in [3.8, 4) is 0 Å². The predicted molar refractivity (Wildman–Crippen MR) is 57.8 cm³/mol. The summed E-state index contributed by atoms with van der Waals surface area (Å²) in [5, 5.41) is 10.2. The molecule has 0 amide bonds. The molecule has 0 unspecified atom stereocenters. The molecule has 0 aliphatic heterocycles. The molecule has 0 aliphatic rings. The summed E-state index contributed by atoms with van der Waals surface area (Å²) >= 11 is 5.91. The summed E-state index contributed by atoms with van der Waals surface area (Å²) in [6.07, 6.45) is -0.409. The first-order chi connectivity index (χ1) is 7.13. The van der Waals surface area contributed by atoms with E-state index in [0.29, 0.717) is 11.4 Å². The highest BCUT2D eigenvalue weighted by Crippen LogP contribution is 2.17. The maximum Gasteiger partial charge on any atom is 0.308 e. The molecule has 0 radical (unpaired) electrons. The summed E-state index contributed by atoms with van der Waals surface area (Å²) in [5.74, 6) is -0.422. The van der Waals surface area contributed by atoms with Crippen LogP contribution in [0.3, 0.4) is 0 Å². The molecule has 1 atom stereocenters. The van der Waals surface area contributed by atoms with Gasteiger partial charge in [-0.25, -0.2) is 0 Å². The minimum atomic E-state index is -0.752. The molecule has 3 nitrogen and oxygen atoms in total. The van der Waals surface area contributed by atoms with E-state index in [0.717, 1.165) is 5.56 Å². The fourth-order valence-electron chi connectivity index (χ4n) is 1.27. The molecule has 1 N–H and O–H groups in total. The number of carbonyl (C=O) groups is 1. The van der Waals surface area contributed by atoms with Crippen molar-refractivity contribution in [3.05, 3.63) is 34.9 Å². The van der Waals surface area contributed by atoms with E-state index in [1.165, 1.54) is 7.11 Å². The zero-order valence-electron chi connectivity index (χ0n) is 8.44. The lowest BCUT2D eigenvalue weighted by Crippen LogP contribution is -2.17. The van der Waals surface area contributed by atoms with Crippen molar-refractivity contribution in [1.82, 2.24) is 0 Å². The van der Waals surface area contributed by atoms with Crippen molar-refractivity contribution in [3.63, 3.8) is 0 Å². The first kappa shape index (κ1) is 12.0. The number of methoxy groups -OCH3 is 1. The molecule has 0 bridgehead atoms. The van der Waals surface area contributed by atoms with E-state index in [-0.39, 0.29) is 6.42 Å². The average Bonchev–Trinajstić information content (AvgIpc) is 2.21. The molecule has 4 heteroatoms. The fraction of sp³-hybridized carbons (Fsp3) is 0.364. The lowest BCUT2D eigenvalue weighted by atomic mass is 10.1. The standard InChI is InChI=1S/C11H13ClO3/c1-15-11(14)7-9(13)6-8-4-2-3-5-10(8)12/h2-5,9,13H,6-7H2,1H3/t9-/m1/s1. The summed E-state index contributed by atoms with van der Waals surface area (Å²) < 4.78 is 4.46. The molecular formula is C11H13ClO3. The summed E-state index contributed by atoms with van der Waals surface area (Å²) in [6, 6.07) is 7.23. The molecule has 1 aromatic carbocycles. The van der Waals surface area contributed by atoms with Crippen molar-refractivity contribution in [1.29, 1.82) is 0 Å². The molecule has 0 saturated heterocycles. The van der Waals surface area contributed by atoms with Gasteiger partial charge in [-0.3, -0.25) is 4.79 Å². The number of ether oxygens (including phenoxy) is 1. The van der Waals surface area contributed by atoms with Gasteiger partial charge in [0.05, 0.1) is 19.6 Å². The number of halogens is 1. The van der Waals surface area contributed by atoms with Gasteiger partial charge in [0, 0.05) is 11.4 Å². The molecule has 0 aliphatic carbocycles. The van der Waals surface area contributed by atoms with Gasteiger partial charge in [0.1, 0.15) is 0 Å². The molecule has 0 aromatic heterocycles. The largest absolute Gasteiger partial charge is 0.469 e. The Hall–Kier alpha value is -1.06. The summed E-state index contributed by atoms with van der Waals surface area (Å²) in [7, 11) is 1.30. The van der Waals surface area contributed by atoms with Crippen LogP contribution in [-0.2, 0) is 16.0 Å². The minimum Gasteiger partial charge on any atom is -0.469 e. The van der Waals surface area contributed by atoms with E-state index in [9.17, 15) is 9.90 Å². The minimum absolute atomic E-state index is 0.0122. The van der Waals surface area contributed by atoms with Gasteiger partial charge in [-0.15, -0.1) is 0 Å². The Balaban J connectivity index is 2.55. The number of esters is 1. The lowest BCUT2D eigenvalue weighted by Gasteiger charge is -2.10. The van der Waals surface area contributed by atoms with E-state index >= 15 is 0 Å². The zero-order chi connectivity index (χ0) is 11.3. The third-order valence-corrected chi connectivity index (χ3v) is 2.41. The van der Waals surface area contributed by atoms with Gasteiger partial charge in [0.15, 0.2) is 0 Å². The fourth-order valence-corrected chi connectivity index (χ4v) is 1.48. The van der Waals surface area contributed by atoms with Crippen LogP contribution in [0.4, 0.5) is 0 Å². The normalized spacial score (nSPS) is 12.2. The van der Waals surface area contributed by atoms with Crippen LogP contribution in [0, 0.1) is 0 Å². The van der Waals surface area contributed by atoms with Gasteiger partial charge in [-0.1, -0.05) is 29.8 Å². The zero-order valence-corrected chi connectivity index (χ0v) is 9.20. The van der Waals surface area contributed by atoms with Crippen LogP contribution in [0.25, 0.3) is 0 Å². The highest BCUT2D eigenvalue weighted by Gasteiger charge is 2.12. The molecule has 0 fully saturated rings. The number of aliphatic hydroxyl groups excluding tert-OH is 1. The molecule has 0 spiro atoms. The van der Waals surface area contributed by atoms with E-state index < -0.39 is 12.1 Å². The maximum absolute atomic E-state index is 10.9. The second-order valence-electron chi connectivity index (χ2n) is 3.23. The number of aliphatic hydroxyl groups is 1. The third-order valence-electron chi connectivity index (χ3n) is 2.04. The Morgan fingerprint density at radius 2 is 2.20 bits per heavy atom. The summed E-state index contributed by atoms with van der Waals surface area (Å²) in [4.78, 5) is 10.9. The predicted octanol–water partition coefficient (Wildman–Crippen LogP) is 1.81. The first-order valence-corrected chi connectivity index (χ1v) is 4.99. The van der Waals surface area contributed by atoms with E-state index in [2.05, 4.69) is 4.74 Å². The van der Waals surface area contributed by atoms with Gasteiger partial charge < -0.3 is 9.84 Å². The second kappa shape index (κ2) is 5.73. The Kier molecular flexibility index (Phi) is 4.59. The lowest BCUT2D eigenvalue weighted by molar-refractivity contribution is -0.142. The Morgan fingerprint density at radius 1 is 1.53 bits per heavy atom.